The van der Waals surface area contributed by atoms with Gasteiger partial charge >= 0.3 is 5.97 Å². The van der Waals surface area contributed by atoms with Crippen molar-refractivity contribution >= 4 is 33.5 Å². The van der Waals surface area contributed by atoms with Gasteiger partial charge in [-0.3, -0.25) is 4.79 Å². The zero-order valence-corrected chi connectivity index (χ0v) is 11.8. The number of anilines is 1. The minimum Gasteiger partial charge on any atom is -0.465 e. The molecular formula is C12H13BrFNO3. The molecule has 0 saturated heterocycles. The van der Waals surface area contributed by atoms with Gasteiger partial charge in [0.15, 0.2) is 0 Å². The minimum absolute atomic E-state index is 0.0828. The first-order chi connectivity index (χ1) is 8.25. The number of nitrogens with one attached hydrogen (secondary N) is 1. The SMILES string of the molecule is COC(=O)c1ccc(F)cc1NC(=O)C(C)(C)Br. The van der Waals surface area contributed by atoms with Gasteiger partial charge in [-0.15, -0.1) is 0 Å². The van der Waals surface area contributed by atoms with Crippen molar-refractivity contribution in [1.29, 1.82) is 0 Å². The molecule has 0 saturated carbocycles. The van der Waals surface area contributed by atoms with Gasteiger partial charge in [-0.25, -0.2) is 9.18 Å². The van der Waals surface area contributed by atoms with Crippen LogP contribution in [-0.4, -0.2) is 23.3 Å². The number of rotatable bonds is 3. The highest BCUT2D eigenvalue weighted by Crippen LogP contribution is 2.22. The maximum atomic E-state index is 13.1. The van der Waals surface area contributed by atoms with E-state index in [1.807, 2.05) is 0 Å². The second-order valence-electron chi connectivity index (χ2n) is 4.11. The fourth-order valence-corrected chi connectivity index (χ4v) is 1.28. The summed E-state index contributed by atoms with van der Waals surface area (Å²) in [6, 6.07) is 3.46. The third-order valence-electron chi connectivity index (χ3n) is 2.18. The lowest BCUT2D eigenvalue weighted by molar-refractivity contribution is -0.117. The molecular weight excluding hydrogens is 305 g/mol. The molecule has 18 heavy (non-hydrogen) atoms. The Hall–Kier alpha value is -1.43. The number of hydrogen-bond acceptors (Lipinski definition) is 3. The fraction of sp³-hybridized carbons (Fsp3) is 0.333. The highest BCUT2D eigenvalue weighted by atomic mass is 79.9. The lowest BCUT2D eigenvalue weighted by Gasteiger charge is -2.17. The van der Waals surface area contributed by atoms with Crippen molar-refractivity contribution in [3.05, 3.63) is 29.6 Å². The van der Waals surface area contributed by atoms with Gasteiger partial charge in [-0.1, -0.05) is 15.9 Å². The number of carbonyl (C=O) groups is 2. The number of ether oxygens (including phenoxy) is 1. The molecule has 0 unspecified atom stereocenters. The van der Waals surface area contributed by atoms with E-state index in [0.29, 0.717) is 0 Å². The molecule has 1 N–H and O–H groups in total. The Kier molecular flexibility index (Phi) is 4.45. The molecule has 1 rings (SSSR count). The molecule has 0 aromatic heterocycles. The fourth-order valence-electron chi connectivity index (χ4n) is 1.18. The standard InChI is InChI=1S/C12H13BrFNO3/c1-12(2,13)11(17)15-9-6-7(14)4-5-8(9)10(16)18-3/h4-6H,1-3H3,(H,15,17). The van der Waals surface area contributed by atoms with Crippen LogP contribution in [0.4, 0.5) is 10.1 Å². The van der Waals surface area contributed by atoms with Gasteiger partial charge in [0.2, 0.25) is 5.91 Å². The number of hydrogen-bond donors (Lipinski definition) is 1. The van der Waals surface area contributed by atoms with Crippen LogP contribution < -0.4 is 5.32 Å². The van der Waals surface area contributed by atoms with Crippen LogP contribution in [0, 0.1) is 5.82 Å². The average molecular weight is 318 g/mol. The quantitative estimate of drug-likeness (QED) is 0.689. The van der Waals surface area contributed by atoms with Gasteiger partial charge in [-0.2, -0.15) is 0 Å². The van der Waals surface area contributed by atoms with Crippen LogP contribution in [0.25, 0.3) is 0 Å². The number of amides is 1. The maximum Gasteiger partial charge on any atom is 0.339 e. The number of methoxy groups -OCH3 is 1. The molecule has 0 radical (unpaired) electrons. The van der Waals surface area contributed by atoms with Crippen molar-refractivity contribution in [3.8, 4) is 0 Å². The Morgan fingerprint density at radius 3 is 2.50 bits per heavy atom. The Balaban J connectivity index is 3.11. The van der Waals surface area contributed by atoms with Crippen molar-refractivity contribution in [1.82, 2.24) is 0 Å². The van der Waals surface area contributed by atoms with E-state index in [0.717, 1.165) is 12.1 Å². The van der Waals surface area contributed by atoms with Crippen LogP contribution in [0.3, 0.4) is 0 Å². The van der Waals surface area contributed by atoms with Crippen LogP contribution in [0.1, 0.15) is 24.2 Å². The number of halogens is 2. The second kappa shape index (κ2) is 5.48. The molecule has 1 aromatic rings. The summed E-state index contributed by atoms with van der Waals surface area (Å²) in [5.74, 6) is -1.58. The van der Waals surface area contributed by atoms with Crippen molar-refractivity contribution in [3.63, 3.8) is 0 Å². The summed E-state index contributed by atoms with van der Waals surface area (Å²) in [5.41, 5.74) is 0.184. The van der Waals surface area contributed by atoms with Crippen LogP contribution >= 0.6 is 15.9 Å². The van der Waals surface area contributed by atoms with E-state index in [2.05, 4.69) is 26.0 Å². The smallest absolute Gasteiger partial charge is 0.339 e. The van der Waals surface area contributed by atoms with Gasteiger partial charge in [0.1, 0.15) is 5.82 Å². The number of alkyl halides is 1. The predicted molar refractivity (Wildman–Crippen MR) is 69.4 cm³/mol. The van der Waals surface area contributed by atoms with E-state index in [9.17, 15) is 14.0 Å². The first kappa shape index (κ1) is 14.6. The van der Waals surface area contributed by atoms with Crippen LogP contribution in [0.2, 0.25) is 0 Å². The maximum absolute atomic E-state index is 13.1. The monoisotopic (exact) mass is 317 g/mol. The minimum atomic E-state index is -0.827. The van der Waals surface area contributed by atoms with Crippen LogP contribution in [-0.2, 0) is 9.53 Å². The Labute approximate surface area is 113 Å². The van der Waals surface area contributed by atoms with Crippen molar-refractivity contribution in [2.45, 2.75) is 18.2 Å². The molecule has 6 heteroatoms. The second-order valence-corrected chi connectivity index (χ2v) is 6.09. The van der Waals surface area contributed by atoms with Gasteiger partial charge in [0.05, 0.1) is 22.7 Å². The molecule has 98 valence electrons. The molecule has 0 aliphatic heterocycles. The number of esters is 1. The summed E-state index contributed by atoms with van der Waals surface area (Å²) in [4.78, 5) is 23.2. The average Bonchev–Trinajstić information content (AvgIpc) is 2.27. The van der Waals surface area contributed by atoms with Gasteiger partial charge < -0.3 is 10.1 Å². The highest BCUT2D eigenvalue weighted by molar-refractivity contribution is 9.10. The third-order valence-corrected chi connectivity index (χ3v) is 2.54. The molecule has 0 bridgehead atoms. The number of benzene rings is 1. The molecule has 1 amide bonds. The third kappa shape index (κ3) is 3.53. The lowest BCUT2D eigenvalue weighted by Crippen LogP contribution is -2.31. The van der Waals surface area contributed by atoms with E-state index in [4.69, 9.17) is 0 Å². The molecule has 0 heterocycles. The van der Waals surface area contributed by atoms with E-state index < -0.39 is 22.0 Å². The van der Waals surface area contributed by atoms with E-state index in [-0.39, 0.29) is 11.3 Å². The first-order valence-electron chi connectivity index (χ1n) is 5.14. The highest BCUT2D eigenvalue weighted by Gasteiger charge is 2.25. The first-order valence-corrected chi connectivity index (χ1v) is 5.93. The Morgan fingerprint density at radius 1 is 1.39 bits per heavy atom. The topological polar surface area (TPSA) is 55.4 Å². The van der Waals surface area contributed by atoms with Gasteiger partial charge in [0, 0.05) is 0 Å². The summed E-state index contributed by atoms with van der Waals surface area (Å²) in [6.45, 7) is 3.28. The van der Waals surface area contributed by atoms with Crippen LogP contribution in [0.5, 0.6) is 0 Å². The normalized spacial score (nSPS) is 10.9. The molecule has 1 aromatic carbocycles. The number of carbonyl (C=O) groups excluding carboxylic acids is 2. The van der Waals surface area contributed by atoms with E-state index in [1.165, 1.54) is 13.2 Å². The summed E-state index contributed by atoms with van der Waals surface area (Å²) in [7, 11) is 1.21. The molecule has 0 aliphatic rings. The van der Waals surface area contributed by atoms with Gasteiger partial charge in [0.25, 0.3) is 0 Å². The van der Waals surface area contributed by atoms with Crippen molar-refractivity contribution in [2.75, 3.05) is 12.4 Å². The predicted octanol–water partition coefficient (Wildman–Crippen LogP) is 2.72. The Bertz CT molecular complexity index is 483. The molecule has 0 spiro atoms. The summed E-state index contributed by atoms with van der Waals surface area (Å²) < 4.78 is 16.9. The molecule has 4 nitrogen and oxygen atoms in total. The molecule has 0 atom stereocenters. The summed E-state index contributed by atoms with van der Waals surface area (Å²) >= 11 is 3.18. The molecule has 0 fully saturated rings. The zero-order valence-electron chi connectivity index (χ0n) is 10.2. The van der Waals surface area contributed by atoms with Crippen molar-refractivity contribution < 1.29 is 18.7 Å². The summed E-state index contributed by atoms with van der Waals surface area (Å²) in [6.07, 6.45) is 0. The van der Waals surface area contributed by atoms with E-state index in [1.54, 1.807) is 13.8 Å². The van der Waals surface area contributed by atoms with Crippen LogP contribution in [0.15, 0.2) is 18.2 Å². The molecule has 0 aliphatic carbocycles. The van der Waals surface area contributed by atoms with Gasteiger partial charge in [-0.05, 0) is 32.0 Å². The largest absolute Gasteiger partial charge is 0.465 e. The summed E-state index contributed by atoms with van der Waals surface area (Å²) in [5, 5.41) is 2.48. The Morgan fingerprint density at radius 2 is 2.00 bits per heavy atom. The lowest BCUT2D eigenvalue weighted by atomic mass is 10.1. The zero-order chi connectivity index (χ0) is 13.9. The van der Waals surface area contributed by atoms with E-state index >= 15 is 0 Å². The van der Waals surface area contributed by atoms with Crippen molar-refractivity contribution in [2.24, 2.45) is 0 Å².